The third-order valence-electron chi connectivity index (χ3n) is 6.36. The minimum absolute atomic E-state index is 0.00762. The first-order valence-corrected chi connectivity index (χ1v) is 12.2. The Morgan fingerprint density at radius 2 is 1.89 bits per heavy atom. The summed E-state index contributed by atoms with van der Waals surface area (Å²) in [5, 5.41) is 3.14. The van der Waals surface area contributed by atoms with Crippen molar-refractivity contribution in [3.05, 3.63) is 63.3 Å². The molecule has 6 nitrogen and oxygen atoms in total. The molecule has 4 rings (SSSR count). The van der Waals surface area contributed by atoms with E-state index < -0.39 is 29.1 Å². The maximum atomic E-state index is 13.4. The molecule has 196 valence electrons. The molecule has 0 aliphatic carbocycles. The van der Waals surface area contributed by atoms with Gasteiger partial charge in [0.2, 0.25) is 5.91 Å². The highest BCUT2D eigenvalue weighted by Crippen LogP contribution is 2.38. The van der Waals surface area contributed by atoms with Crippen LogP contribution in [0.3, 0.4) is 0 Å². The number of rotatable bonds is 7. The van der Waals surface area contributed by atoms with Crippen LogP contribution in [-0.2, 0) is 15.8 Å². The van der Waals surface area contributed by atoms with E-state index in [1.165, 1.54) is 24.3 Å². The third-order valence-corrected chi connectivity index (χ3v) is 6.66. The topological polar surface area (TPSA) is 85.6 Å². The van der Waals surface area contributed by atoms with Crippen LogP contribution >= 0.6 is 11.6 Å². The van der Waals surface area contributed by atoms with Gasteiger partial charge in [0.1, 0.15) is 11.5 Å². The van der Waals surface area contributed by atoms with Gasteiger partial charge in [0, 0.05) is 18.4 Å². The van der Waals surface area contributed by atoms with Crippen molar-refractivity contribution in [1.82, 2.24) is 5.32 Å². The summed E-state index contributed by atoms with van der Waals surface area (Å²) in [5.74, 6) is -0.899. The third kappa shape index (κ3) is 5.82. The summed E-state index contributed by atoms with van der Waals surface area (Å²) < 4.78 is 51.8. The van der Waals surface area contributed by atoms with Crippen molar-refractivity contribution in [3.63, 3.8) is 0 Å². The zero-order valence-corrected chi connectivity index (χ0v) is 20.9. The number of para-hydroxylation sites is 1. The molecule has 1 amide bonds. The summed E-state index contributed by atoms with van der Waals surface area (Å²) in [5.41, 5.74) is -1.06. The normalized spacial score (nSPS) is 18.4. The molecule has 1 fully saturated rings. The number of Topliss-reactive ketones (excluding diaryl/α,β-unsaturated/α-hetero) is 1. The molecule has 37 heavy (non-hydrogen) atoms. The molecule has 1 unspecified atom stereocenters. The highest BCUT2D eigenvalue weighted by molar-refractivity contribution is 6.34. The number of halogens is 4. The van der Waals surface area contributed by atoms with Crippen molar-refractivity contribution < 1.29 is 31.9 Å². The number of benzene rings is 2. The van der Waals surface area contributed by atoms with Gasteiger partial charge in [-0.2, -0.15) is 13.2 Å². The summed E-state index contributed by atoms with van der Waals surface area (Å²) in [6.45, 7) is 3.69. The molecule has 2 atom stereocenters. The lowest BCUT2D eigenvalue weighted by Crippen LogP contribution is -2.52. The van der Waals surface area contributed by atoms with E-state index in [1.807, 2.05) is 13.8 Å². The van der Waals surface area contributed by atoms with Crippen LogP contribution < -0.4 is 15.5 Å². The number of amides is 1. The van der Waals surface area contributed by atoms with E-state index in [0.717, 1.165) is 12.1 Å². The summed E-state index contributed by atoms with van der Waals surface area (Å²) in [6.07, 6.45) is -3.86. The zero-order chi connectivity index (χ0) is 26.9. The Kier molecular flexibility index (Phi) is 7.64. The van der Waals surface area contributed by atoms with Crippen LogP contribution in [0.4, 0.5) is 13.2 Å². The van der Waals surface area contributed by atoms with Gasteiger partial charge in [0.25, 0.3) is 0 Å². The minimum atomic E-state index is -4.61. The second-order valence-electron chi connectivity index (χ2n) is 9.38. The number of carbonyl (C=O) groups excluding carboxylic acids is 2. The lowest BCUT2D eigenvalue weighted by atomic mass is 9.83. The Labute approximate surface area is 215 Å². The number of hydrogen-bond acceptors (Lipinski definition) is 5. The summed E-state index contributed by atoms with van der Waals surface area (Å²) in [4.78, 5) is 37.3. The van der Waals surface area contributed by atoms with E-state index in [0.29, 0.717) is 12.8 Å². The molecule has 1 aliphatic heterocycles. The minimum Gasteiger partial charge on any atom is -0.493 e. The fraction of sp³-hybridized carbons (Fsp3) is 0.370. The second-order valence-corrected chi connectivity index (χ2v) is 9.79. The van der Waals surface area contributed by atoms with E-state index in [4.69, 9.17) is 20.8 Å². The summed E-state index contributed by atoms with van der Waals surface area (Å²) >= 11 is 6.17. The number of hydrogen-bond donors (Lipinski definition) is 1. The highest BCUT2D eigenvalue weighted by Gasteiger charge is 2.36. The quantitative estimate of drug-likeness (QED) is 0.374. The molecule has 10 heteroatoms. The number of carbonyl (C=O) groups is 2. The van der Waals surface area contributed by atoms with Crippen molar-refractivity contribution in [1.29, 1.82) is 0 Å². The maximum Gasteiger partial charge on any atom is 0.416 e. The first kappa shape index (κ1) is 26.7. The van der Waals surface area contributed by atoms with Gasteiger partial charge in [0.05, 0.1) is 34.2 Å². The van der Waals surface area contributed by atoms with Crippen molar-refractivity contribution in [3.8, 4) is 17.1 Å². The van der Waals surface area contributed by atoms with E-state index >= 15 is 0 Å². The van der Waals surface area contributed by atoms with Gasteiger partial charge in [-0.1, -0.05) is 31.5 Å². The predicted octanol–water partition coefficient (Wildman–Crippen LogP) is 6.02. The Morgan fingerprint density at radius 1 is 1.14 bits per heavy atom. The van der Waals surface area contributed by atoms with Gasteiger partial charge in [-0.05, 0) is 49.1 Å². The van der Waals surface area contributed by atoms with Gasteiger partial charge in [-0.3, -0.25) is 14.4 Å². The fourth-order valence-electron chi connectivity index (χ4n) is 4.43. The van der Waals surface area contributed by atoms with E-state index in [1.54, 1.807) is 6.07 Å². The Morgan fingerprint density at radius 3 is 2.59 bits per heavy atom. The molecule has 1 N–H and O–H groups in total. The van der Waals surface area contributed by atoms with E-state index in [-0.39, 0.29) is 63.7 Å². The average molecular weight is 536 g/mol. The van der Waals surface area contributed by atoms with Crippen LogP contribution in [0.5, 0.6) is 5.75 Å². The molecule has 3 aromatic rings. The van der Waals surface area contributed by atoms with Gasteiger partial charge in [0.15, 0.2) is 16.8 Å². The summed E-state index contributed by atoms with van der Waals surface area (Å²) in [6, 6.07) is 8.21. The molecule has 0 radical (unpaired) electrons. The summed E-state index contributed by atoms with van der Waals surface area (Å²) in [7, 11) is 0. The van der Waals surface area contributed by atoms with Crippen molar-refractivity contribution in [2.75, 3.05) is 6.61 Å². The molecule has 0 bridgehead atoms. The largest absolute Gasteiger partial charge is 0.493 e. The highest BCUT2D eigenvalue weighted by atomic mass is 35.5. The van der Waals surface area contributed by atoms with Crippen LogP contribution in [0.2, 0.25) is 5.02 Å². The standard InChI is InChI=1S/C27H25ClF3NO5/c1-14(2)24-25(35)15(11-23(34)32-24)5-4-10-36-21-12-16(27(29,30)31)8-9-18(21)22-13-20(33)17-6-3-7-19(28)26(17)37-22/h3,6-9,12-15,24H,4-5,10-11H2,1-2H3,(H,32,34)/t15?,24-/m0/s1. The van der Waals surface area contributed by atoms with Crippen molar-refractivity contribution in [2.45, 2.75) is 45.3 Å². The molecular formula is C27H25ClF3NO5. The predicted molar refractivity (Wildman–Crippen MR) is 133 cm³/mol. The number of nitrogens with one attached hydrogen (secondary N) is 1. The Hall–Kier alpha value is -3.33. The number of alkyl halides is 3. The van der Waals surface area contributed by atoms with E-state index in [9.17, 15) is 27.6 Å². The van der Waals surface area contributed by atoms with Crippen LogP contribution in [0.25, 0.3) is 22.3 Å². The monoisotopic (exact) mass is 535 g/mol. The van der Waals surface area contributed by atoms with Gasteiger partial charge in [-0.25, -0.2) is 0 Å². The van der Waals surface area contributed by atoms with E-state index in [2.05, 4.69) is 5.32 Å². The first-order chi connectivity index (χ1) is 17.5. The Bertz CT molecular complexity index is 1400. The lowest BCUT2D eigenvalue weighted by Gasteiger charge is -2.30. The lowest BCUT2D eigenvalue weighted by molar-refractivity contribution is -0.138. The van der Waals surface area contributed by atoms with Crippen LogP contribution in [0.15, 0.2) is 51.7 Å². The molecule has 0 spiro atoms. The van der Waals surface area contributed by atoms with Crippen LogP contribution in [0, 0.1) is 11.8 Å². The fourth-order valence-corrected chi connectivity index (χ4v) is 4.64. The first-order valence-electron chi connectivity index (χ1n) is 11.9. The molecule has 2 aromatic carbocycles. The van der Waals surface area contributed by atoms with Crippen molar-refractivity contribution in [2.24, 2.45) is 11.8 Å². The molecule has 2 heterocycles. The maximum absolute atomic E-state index is 13.4. The number of piperidine rings is 1. The average Bonchev–Trinajstić information content (AvgIpc) is 2.83. The Balaban J connectivity index is 1.58. The van der Waals surface area contributed by atoms with Crippen LogP contribution in [0.1, 0.15) is 38.7 Å². The SMILES string of the molecule is CC(C)[C@@H]1NC(=O)CC(CCCOc2cc(C(F)(F)F)ccc2-c2cc(=O)c3cccc(Cl)c3o2)C1=O. The smallest absolute Gasteiger partial charge is 0.416 e. The number of fused-ring (bicyclic) bond motifs is 1. The second kappa shape index (κ2) is 10.6. The molecule has 1 aliphatic rings. The van der Waals surface area contributed by atoms with Gasteiger partial charge >= 0.3 is 6.18 Å². The van der Waals surface area contributed by atoms with Crippen LogP contribution in [-0.4, -0.2) is 24.3 Å². The molecule has 1 saturated heterocycles. The molecular weight excluding hydrogens is 511 g/mol. The number of ether oxygens (including phenoxy) is 1. The van der Waals surface area contributed by atoms with Crippen molar-refractivity contribution >= 4 is 34.3 Å². The zero-order valence-electron chi connectivity index (χ0n) is 20.2. The van der Waals surface area contributed by atoms with Gasteiger partial charge in [-0.15, -0.1) is 0 Å². The molecule has 1 aromatic heterocycles. The number of ketones is 1. The van der Waals surface area contributed by atoms with Gasteiger partial charge < -0.3 is 14.5 Å². The molecule has 0 saturated carbocycles.